The zero-order chi connectivity index (χ0) is 11.3. The highest BCUT2D eigenvalue weighted by Crippen LogP contribution is 2.25. The molecule has 2 unspecified atom stereocenters. The molecule has 0 aromatic heterocycles. The van der Waals surface area contributed by atoms with Crippen LogP contribution in [0.2, 0.25) is 0 Å². The van der Waals surface area contributed by atoms with Gasteiger partial charge in [-0.3, -0.25) is 0 Å². The maximum Gasteiger partial charge on any atom is 0.0750 e. The van der Waals surface area contributed by atoms with Crippen LogP contribution >= 0.6 is 0 Å². The van der Waals surface area contributed by atoms with Gasteiger partial charge in [0, 0.05) is 19.2 Å². The molecule has 0 radical (unpaired) electrons. The monoisotopic (exact) mass is 214 g/mol. The molecule has 0 aromatic carbocycles. The van der Waals surface area contributed by atoms with Gasteiger partial charge >= 0.3 is 0 Å². The maximum atomic E-state index is 5.75. The third-order valence-electron chi connectivity index (χ3n) is 3.29. The molecule has 0 spiro atoms. The van der Waals surface area contributed by atoms with E-state index in [-0.39, 0.29) is 5.60 Å². The normalized spacial score (nSPS) is 27.2. The first-order valence-corrected chi connectivity index (χ1v) is 6.16. The Morgan fingerprint density at radius 1 is 1.40 bits per heavy atom. The van der Waals surface area contributed by atoms with E-state index >= 15 is 0 Å². The largest absolute Gasteiger partial charge is 0.375 e. The molecule has 0 saturated heterocycles. The minimum atomic E-state index is -0.0590. The molecule has 1 aliphatic carbocycles. The number of rotatable bonds is 6. The summed E-state index contributed by atoms with van der Waals surface area (Å²) in [7, 11) is 0. The lowest BCUT2D eigenvalue weighted by Crippen LogP contribution is -2.45. The van der Waals surface area contributed by atoms with Crippen LogP contribution in [-0.4, -0.2) is 31.3 Å². The molecule has 1 fully saturated rings. The van der Waals surface area contributed by atoms with Crippen molar-refractivity contribution in [3.05, 3.63) is 0 Å². The van der Waals surface area contributed by atoms with Crippen LogP contribution in [0.15, 0.2) is 0 Å². The summed E-state index contributed by atoms with van der Waals surface area (Å²) in [6, 6.07) is 0.606. The van der Waals surface area contributed by atoms with E-state index in [0.29, 0.717) is 12.0 Å². The van der Waals surface area contributed by atoms with Gasteiger partial charge in [-0.25, -0.2) is 0 Å². The highest BCUT2D eigenvalue weighted by molar-refractivity contribution is 4.86. The second-order valence-electron chi connectivity index (χ2n) is 5.11. The molecule has 1 saturated carbocycles. The van der Waals surface area contributed by atoms with Gasteiger partial charge in [0.25, 0.3) is 0 Å². The number of hydrogen-bond acceptors (Lipinski definition) is 3. The fourth-order valence-corrected chi connectivity index (χ4v) is 2.41. The van der Waals surface area contributed by atoms with Crippen LogP contribution in [0.4, 0.5) is 0 Å². The predicted octanol–water partition coefficient (Wildman–Crippen LogP) is 1.52. The summed E-state index contributed by atoms with van der Waals surface area (Å²) in [5.41, 5.74) is 5.69. The van der Waals surface area contributed by atoms with Crippen LogP contribution < -0.4 is 11.1 Å². The van der Waals surface area contributed by atoms with Crippen LogP contribution in [0.25, 0.3) is 0 Å². The zero-order valence-electron chi connectivity index (χ0n) is 10.4. The Balaban J connectivity index is 2.29. The number of nitrogens with one attached hydrogen (secondary N) is 1. The molecule has 3 heteroatoms. The van der Waals surface area contributed by atoms with E-state index in [2.05, 4.69) is 19.2 Å². The topological polar surface area (TPSA) is 47.3 Å². The second-order valence-corrected chi connectivity index (χ2v) is 5.11. The molecule has 90 valence electrons. The van der Waals surface area contributed by atoms with Crippen molar-refractivity contribution in [1.82, 2.24) is 5.32 Å². The van der Waals surface area contributed by atoms with Crippen molar-refractivity contribution in [3.8, 4) is 0 Å². The Morgan fingerprint density at radius 3 is 2.73 bits per heavy atom. The maximum absolute atomic E-state index is 5.75. The molecule has 15 heavy (non-hydrogen) atoms. The van der Waals surface area contributed by atoms with E-state index in [1.807, 2.05) is 6.92 Å². The average molecular weight is 214 g/mol. The fraction of sp³-hybridized carbons (Fsp3) is 1.00. The van der Waals surface area contributed by atoms with E-state index in [1.54, 1.807) is 0 Å². The fourth-order valence-electron chi connectivity index (χ4n) is 2.41. The third kappa shape index (κ3) is 4.09. The second kappa shape index (κ2) is 5.83. The van der Waals surface area contributed by atoms with E-state index < -0.39 is 0 Å². The van der Waals surface area contributed by atoms with Gasteiger partial charge < -0.3 is 15.8 Å². The Morgan fingerprint density at radius 2 is 2.13 bits per heavy atom. The predicted molar refractivity (Wildman–Crippen MR) is 63.9 cm³/mol. The van der Waals surface area contributed by atoms with E-state index in [9.17, 15) is 0 Å². The van der Waals surface area contributed by atoms with Crippen molar-refractivity contribution < 1.29 is 4.74 Å². The molecule has 0 heterocycles. The first-order chi connectivity index (χ1) is 7.09. The molecule has 0 aromatic rings. The SMILES string of the molecule is CCOC(C)(C)CNC1CCCC1CN. The Hall–Kier alpha value is -0.120. The molecule has 2 atom stereocenters. The number of hydrogen-bond donors (Lipinski definition) is 2. The molecular weight excluding hydrogens is 188 g/mol. The summed E-state index contributed by atoms with van der Waals surface area (Å²) in [4.78, 5) is 0. The Bertz CT molecular complexity index is 182. The van der Waals surface area contributed by atoms with Crippen molar-refractivity contribution in [2.75, 3.05) is 19.7 Å². The molecule has 3 N–H and O–H groups in total. The van der Waals surface area contributed by atoms with E-state index in [1.165, 1.54) is 19.3 Å². The van der Waals surface area contributed by atoms with Crippen LogP contribution in [0.3, 0.4) is 0 Å². The van der Waals surface area contributed by atoms with Gasteiger partial charge in [0.05, 0.1) is 5.60 Å². The number of nitrogens with two attached hydrogens (primary N) is 1. The van der Waals surface area contributed by atoms with Gasteiger partial charge in [-0.05, 0) is 46.1 Å². The van der Waals surface area contributed by atoms with Crippen LogP contribution in [0, 0.1) is 5.92 Å². The molecule has 1 aliphatic rings. The van der Waals surface area contributed by atoms with E-state index in [0.717, 1.165) is 19.7 Å². The molecule has 0 aliphatic heterocycles. The van der Waals surface area contributed by atoms with Gasteiger partial charge in [0.15, 0.2) is 0 Å². The molecule has 0 bridgehead atoms. The summed E-state index contributed by atoms with van der Waals surface area (Å²) in [5.74, 6) is 0.669. The van der Waals surface area contributed by atoms with Crippen molar-refractivity contribution in [3.63, 3.8) is 0 Å². The highest BCUT2D eigenvalue weighted by Gasteiger charge is 2.27. The summed E-state index contributed by atoms with van der Waals surface area (Å²) >= 11 is 0. The molecule has 1 rings (SSSR count). The van der Waals surface area contributed by atoms with Crippen LogP contribution in [0.1, 0.15) is 40.0 Å². The lowest BCUT2D eigenvalue weighted by molar-refractivity contribution is -0.0112. The van der Waals surface area contributed by atoms with E-state index in [4.69, 9.17) is 10.5 Å². The number of ether oxygens (including phenoxy) is 1. The standard InChI is InChI=1S/C12H26N2O/c1-4-15-12(2,3)9-14-11-7-5-6-10(11)8-13/h10-11,14H,4-9,13H2,1-3H3. The molecular formula is C12H26N2O. The average Bonchev–Trinajstić information content (AvgIpc) is 2.62. The smallest absolute Gasteiger partial charge is 0.0750 e. The quantitative estimate of drug-likeness (QED) is 0.705. The van der Waals surface area contributed by atoms with Gasteiger partial charge in [0.2, 0.25) is 0 Å². The Labute approximate surface area is 93.8 Å². The summed E-state index contributed by atoms with van der Waals surface area (Å²) in [6.07, 6.45) is 3.86. The first kappa shape index (κ1) is 12.9. The van der Waals surface area contributed by atoms with Crippen molar-refractivity contribution in [2.45, 2.75) is 51.7 Å². The minimum absolute atomic E-state index is 0.0590. The minimum Gasteiger partial charge on any atom is -0.375 e. The summed E-state index contributed by atoms with van der Waals surface area (Å²) in [5, 5.41) is 3.60. The van der Waals surface area contributed by atoms with Crippen molar-refractivity contribution in [1.29, 1.82) is 0 Å². The zero-order valence-corrected chi connectivity index (χ0v) is 10.4. The van der Waals surface area contributed by atoms with Gasteiger partial charge in [0.1, 0.15) is 0 Å². The van der Waals surface area contributed by atoms with Crippen LogP contribution in [-0.2, 0) is 4.74 Å². The summed E-state index contributed by atoms with van der Waals surface area (Å²) < 4.78 is 5.66. The van der Waals surface area contributed by atoms with Crippen molar-refractivity contribution in [2.24, 2.45) is 11.7 Å². The van der Waals surface area contributed by atoms with Gasteiger partial charge in [-0.1, -0.05) is 6.42 Å². The highest BCUT2D eigenvalue weighted by atomic mass is 16.5. The van der Waals surface area contributed by atoms with Crippen molar-refractivity contribution >= 4 is 0 Å². The lowest BCUT2D eigenvalue weighted by atomic mass is 10.0. The Kier molecular flexibility index (Phi) is 5.03. The third-order valence-corrected chi connectivity index (χ3v) is 3.29. The first-order valence-electron chi connectivity index (χ1n) is 6.16. The lowest BCUT2D eigenvalue weighted by Gasteiger charge is -2.28. The summed E-state index contributed by atoms with van der Waals surface area (Å²) in [6.45, 7) is 8.82. The van der Waals surface area contributed by atoms with Gasteiger partial charge in [-0.15, -0.1) is 0 Å². The van der Waals surface area contributed by atoms with Gasteiger partial charge in [-0.2, -0.15) is 0 Å². The van der Waals surface area contributed by atoms with Crippen LogP contribution in [0.5, 0.6) is 0 Å². The molecule has 3 nitrogen and oxygen atoms in total. The molecule has 0 amide bonds.